The van der Waals surface area contributed by atoms with Crippen LogP contribution in [-0.4, -0.2) is 19.1 Å². The largest absolute Gasteiger partial charge is 0.494 e. The van der Waals surface area contributed by atoms with Crippen molar-refractivity contribution >= 4 is 15.9 Å². The van der Waals surface area contributed by atoms with Crippen LogP contribution < -0.4 is 10.1 Å². The normalized spacial score (nSPS) is 12.2. The Morgan fingerprint density at radius 2 is 2.16 bits per heavy atom. The van der Waals surface area contributed by atoms with Gasteiger partial charge in [0.2, 0.25) is 0 Å². The zero-order valence-corrected chi connectivity index (χ0v) is 12.2. The number of nitrogens with zero attached hydrogens (tertiary/aromatic N) is 1. The summed E-state index contributed by atoms with van der Waals surface area (Å²) in [6, 6.07) is 8.47. The molecule has 1 heterocycles. The van der Waals surface area contributed by atoms with E-state index in [0.29, 0.717) is 0 Å². The van der Waals surface area contributed by atoms with Crippen LogP contribution in [0.25, 0.3) is 0 Å². The molecule has 2 aromatic rings. The van der Waals surface area contributed by atoms with Crippen LogP contribution in [0.3, 0.4) is 0 Å². The molecular formula is C14H14BrFN2O. The molecule has 0 fully saturated rings. The predicted octanol–water partition coefficient (Wildman–Crippen LogP) is 3.30. The van der Waals surface area contributed by atoms with Crippen molar-refractivity contribution in [3.05, 3.63) is 58.1 Å². The number of aromatic nitrogens is 1. The van der Waals surface area contributed by atoms with Gasteiger partial charge >= 0.3 is 0 Å². The summed E-state index contributed by atoms with van der Waals surface area (Å²) in [7, 11) is 3.26. The fourth-order valence-corrected chi connectivity index (χ4v) is 2.42. The molecule has 3 nitrogen and oxygen atoms in total. The summed E-state index contributed by atoms with van der Waals surface area (Å²) in [6.07, 6.45) is 1.71. The van der Waals surface area contributed by atoms with Crippen LogP contribution in [0.5, 0.6) is 5.75 Å². The average Bonchev–Trinajstić information content (AvgIpc) is 2.42. The quantitative estimate of drug-likeness (QED) is 0.937. The van der Waals surface area contributed by atoms with E-state index in [9.17, 15) is 4.39 Å². The maximum atomic E-state index is 13.8. The van der Waals surface area contributed by atoms with Gasteiger partial charge in [0.25, 0.3) is 0 Å². The van der Waals surface area contributed by atoms with Gasteiger partial charge in [-0.1, -0.05) is 6.07 Å². The Balaban J connectivity index is 2.43. The molecule has 1 unspecified atom stereocenters. The SMILES string of the molecule is CNC(c1ccc(OC)c(F)c1)c1ncccc1Br. The molecule has 1 N–H and O–H groups in total. The van der Waals surface area contributed by atoms with Crippen molar-refractivity contribution in [2.75, 3.05) is 14.2 Å². The number of pyridine rings is 1. The van der Waals surface area contributed by atoms with Crippen molar-refractivity contribution in [3.63, 3.8) is 0 Å². The minimum atomic E-state index is -0.382. The highest BCUT2D eigenvalue weighted by Crippen LogP contribution is 2.28. The zero-order chi connectivity index (χ0) is 13.8. The van der Waals surface area contributed by atoms with Crippen molar-refractivity contribution in [2.24, 2.45) is 0 Å². The summed E-state index contributed by atoms with van der Waals surface area (Å²) in [6.45, 7) is 0. The van der Waals surface area contributed by atoms with Gasteiger partial charge in [-0.15, -0.1) is 0 Å². The Labute approximate surface area is 119 Å². The van der Waals surface area contributed by atoms with Crippen molar-refractivity contribution in [1.82, 2.24) is 10.3 Å². The topological polar surface area (TPSA) is 34.1 Å². The highest BCUT2D eigenvalue weighted by atomic mass is 79.9. The van der Waals surface area contributed by atoms with E-state index in [1.807, 2.05) is 25.2 Å². The zero-order valence-electron chi connectivity index (χ0n) is 10.7. The Hall–Kier alpha value is -1.46. The summed E-state index contributed by atoms with van der Waals surface area (Å²) in [5.74, 6) is -0.147. The van der Waals surface area contributed by atoms with Gasteiger partial charge in [0.05, 0.1) is 18.8 Å². The van der Waals surface area contributed by atoms with E-state index >= 15 is 0 Å². The molecule has 0 saturated heterocycles. The summed E-state index contributed by atoms with van der Waals surface area (Å²) in [4.78, 5) is 4.34. The molecule has 0 aliphatic carbocycles. The molecule has 5 heteroatoms. The molecule has 2 rings (SSSR count). The minimum Gasteiger partial charge on any atom is -0.494 e. The lowest BCUT2D eigenvalue weighted by Gasteiger charge is -2.18. The molecule has 100 valence electrons. The van der Waals surface area contributed by atoms with Gasteiger partial charge in [0, 0.05) is 10.7 Å². The molecular weight excluding hydrogens is 311 g/mol. The van der Waals surface area contributed by atoms with Gasteiger partial charge in [-0.3, -0.25) is 4.98 Å². The fourth-order valence-electron chi connectivity index (χ4n) is 1.93. The third kappa shape index (κ3) is 2.93. The molecule has 0 spiro atoms. The molecule has 0 bridgehead atoms. The monoisotopic (exact) mass is 324 g/mol. The standard InChI is InChI=1S/C14H14BrFN2O/c1-17-13(14-10(15)4-3-7-18-14)9-5-6-12(19-2)11(16)8-9/h3-8,13,17H,1-2H3. The molecule has 0 aliphatic rings. The van der Waals surface area contributed by atoms with Crippen LogP contribution in [0, 0.1) is 5.82 Å². The number of rotatable bonds is 4. The number of ether oxygens (including phenoxy) is 1. The maximum absolute atomic E-state index is 13.8. The number of halogens is 2. The molecule has 0 saturated carbocycles. The van der Waals surface area contributed by atoms with Crippen LogP contribution >= 0.6 is 15.9 Å². The van der Waals surface area contributed by atoms with E-state index in [2.05, 4.69) is 26.2 Å². The van der Waals surface area contributed by atoms with E-state index in [4.69, 9.17) is 4.74 Å². The predicted molar refractivity (Wildman–Crippen MR) is 75.8 cm³/mol. The lowest BCUT2D eigenvalue weighted by Crippen LogP contribution is -2.19. The second-order valence-electron chi connectivity index (χ2n) is 3.99. The van der Waals surface area contributed by atoms with Crippen molar-refractivity contribution in [2.45, 2.75) is 6.04 Å². The Morgan fingerprint density at radius 1 is 1.37 bits per heavy atom. The van der Waals surface area contributed by atoms with Crippen LogP contribution in [0.1, 0.15) is 17.3 Å². The Morgan fingerprint density at radius 3 is 2.74 bits per heavy atom. The summed E-state index contributed by atoms with van der Waals surface area (Å²) < 4.78 is 19.6. The molecule has 1 atom stereocenters. The van der Waals surface area contributed by atoms with Crippen molar-refractivity contribution < 1.29 is 9.13 Å². The van der Waals surface area contributed by atoms with Gasteiger partial charge in [0.15, 0.2) is 11.6 Å². The maximum Gasteiger partial charge on any atom is 0.165 e. The third-order valence-electron chi connectivity index (χ3n) is 2.86. The van der Waals surface area contributed by atoms with Crippen LogP contribution in [-0.2, 0) is 0 Å². The van der Waals surface area contributed by atoms with Gasteiger partial charge in [-0.05, 0) is 52.8 Å². The van der Waals surface area contributed by atoms with E-state index in [1.165, 1.54) is 13.2 Å². The lowest BCUT2D eigenvalue weighted by atomic mass is 10.0. The minimum absolute atomic E-state index is 0.184. The number of hydrogen-bond acceptors (Lipinski definition) is 3. The van der Waals surface area contributed by atoms with Crippen molar-refractivity contribution in [3.8, 4) is 5.75 Å². The van der Waals surface area contributed by atoms with Crippen LogP contribution in [0.15, 0.2) is 41.0 Å². The first-order valence-electron chi connectivity index (χ1n) is 5.78. The van der Waals surface area contributed by atoms with Gasteiger partial charge in [-0.25, -0.2) is 4.39 Å². The summed E-state index contributed by atoms with van der Waals surface area (Å²) >= 11 is 3.46. The molecule has 1 aromatic heterocycles. The molecule has 0 radical (unpaired) electrons. The Kier molecular flexibility index (Phi) is 4.50. The third-order valence-corrected chi connectivity index (χ3v) is 3.53. The fraction of sp³-hybridized carbons (Fsp3) is 0.214. The van der Waals surface area contributed by atoms with E-state index in [0.717, 1.165) is 15.7 Å². The first-order chi connectivity index (χ1) is 9.17. The number of hydrogen-bond donors (Lipinski definition) is 1. The molecule has 19 heavy (non-hydrogen) atoms. The number of methoxy groups -OCH3 is 1. The second kappa shape index (κ2) is 6.12. The highest BCUT2D eigenvalue weighted by Gasteiger charge is 2.17. The van der Waals surface area contributed by atoms with Crippen molar-refractivity contribution in [1.29, 1.82) is 0 Å². The molecule has 1 aromatic carbocycles. The van der Waals surface area contributed by atoms with E-state index in [1.54, 1.807) is 12.3 Å². The van der Waals surface area contributed by atoms with Gasteiger partial charge in [0.1, 0.15) is 0 Å². The number of nitrogens with one attached hydrogen (secondary N) is 1. The number of benzene rings is 1. The van der Waals surface area contributed by atoms with Crippen LogP contribution in [0.2, 0.25) is 0 Å². The summed E-state index contributed by atoms with van der Waals surface area (Å²) in [5.41, 5.74) is 1.61. The Bertz CT molecular complexity index is 577. The van der Waals surface area contributed by atoms with Gasteiger partial charge < -0.3 is 10.1 Å². The second-order valence-corrected chi connectivity index (χ2v) is 4.84. The first kappa shape index (κ1) is 14.0. The lowest BCUT2D eigenvalue weighted by molar-refractivity contribution is 0.386. The van der Waals surface area contributed by atoms with Gasteiger partial charge in [-0.2, -0.15) is 0 Å². The van der Waals surface area contributed by atoms with Crippen LogP contribution in [0.4, 0.5) is 4.39 Å². The van der Waals surface area contributed by atoms with E-state index in [-0.39, 0.29) is 17.6 Å². The molecule has 0 aliphatic heterocycles. The molecule has 0 amide bonds. The van der Waals surface area contributed by atoms with E-state index < -0.39 is 0 Å². The summed E-state index contributed by atoms with van der Waals surface area (Å²) in [5, 5.41) is 3.14. The average molecular weight is 325 g/mol. The highest BCUT2D eigenvalue weighted by molar-refractivity contribution is 9.10. The smallest absolute Gasteiger partial charge is 0.165 e. The first-order valence-corrected chi connectivity index (χ1v) is 6.57.